The number of fused-ring (bicyclic) bond motifs is 1. The molecule has 0 bridgehead atoms. The van der Waals surface area contributed by atoms with E-state index in [2.05, 4.69) is 47.6 Å². The number of nitrogens with one attached hydrogen (secondary N) is 2. The third-order valence-corrected chi connectivity index (χ3v) is 5.77. The average Bonchev–Trinajstić information content (AvgIpc) is 3.07. The normalized spacial score (nSPS) is 22.4. The van der Waals surface area contributed by atoms with Gasteiger partial charge in [-0.25, -0.2) is 9.78 Å². The molecule has 1 atom stereocenters. The van der Waals surface area contributed by atoms with Crippen LogP contribution in [0, 0.1) is 5.92 Å². The molecular weight excluding hydrogens is 350 g/mol. The number of rotatable bonds is 2. The number of nitrogens with zero attached hydrogens (tertiary/aromatic N) is 3. The molecule has 1 saturated heterocycles. The highest BCUT2D eigenvalue weighted by molar-refractivity contribution is 5.95. The van der Waals surface area contributed by atoms with E-state index in [9.17, 15) is 4.79 Å². The standard InChI is InChI=1S/C22H31N5O/c1-16-7-8-18(14-16)24-22(28)27-13-4-3-11-23-19-9-10-20(25-21(19)27)26-12-5-6-17(2)15-26/h7-10,17,23H,3-6,11-15H2,1-2H3,(H,24,28). The van der Waals surface area contributed by atoms with Crippen LogP contribution in [0.2, 0.25) is 0 Å². The number of urea groups is 1. The predicted octanol–water partition coefficient (Wildman–Crippen LogP) is 4.27. The van der Waals surface area contributed by atoms with Crippen molar-refractivity contribution >= 4 is 23.4 Å². The van der Waals surface area contributed by atoms with E-state index in [0.717, 1.165) is 61.9 Å². The highest BCUT2D eigenvalue weighted by Gasteiger charge is 2.25. The van der Waals surface area contributed by atoms with Gasteiger partial charge in [-0.1, -0.05) is 18.6 Å². The molecule has 0 spiro atoms. The van der Waals surface area contributed by atoms with Gasteiger partial charge in [-0.3, -0.25) is 4.90 Å². The fourth-order valence-electron chi connectivity index (χ4n) is 4.23. The van der Waals surface area contributed by atoms with Gasteiger partial charge in [-0.15, -0.1) is 0 Å². The highest BCUT2D eigenvalue weighted by atomic mass is 16.2. The fraction of sp³-hybridized carbons (Fsp3) is 0.545. The molecule has 1 fully saturated rings. The van der Waals surface area contributed by atoms with Gasteiger partial charge in [-0.05, 0) is 56.7 Å². The zero-order valence-corrected chi connectivity index (χ0v) is 17.0. The molecule has 28 heavy (non-hydrogen) atoms. The molecule has 1 aliphatic carbocycles. The predicted molar refractivity (Wildman–Crippen MR) is 115 cm³/mol. The first-order valence-electron chi connectivity index (χ1n) is 10.5. The molecule has 6 nitrogen and oxygen atoms in total. The van der Waals surface area contributed by atoms with Crippen LogP contribution in [-0.4, -0.2) is 37.2 Å². The molecule has 2 aliphatic heterocycles. The van der Waals surface area contributed by atoms with Gasteiger partial charge >= 0.3 is 6.03 Å². The van der Waals surface area contributed by atoms with Gasteiger partial charge in [0.2, 0.25) is 0 Å². The van der Waals surface area contributed by atoms with Crippen molar-refractivity contribution in [3.05, 3.63) is 35.6 Å². The van der Waals surface area contributed by atoms with Crippen molar-refractivity contribution in [3.63, 3.8) is 0 Å². The molecule has 6 heteroatoms. The van der Waals surface area contributed by atoms with Crippen molar-refractivity contribution in [1.82, 2.24) is 10.3 Å². The van der Waals surface area contributed by atoms with Crippen LogP contribution in [0.4, 0.5) is 22.1 Å². The van der Waals surface area contributed by atoms with Gasteiger partial charge in [-0.2, -0.15) is 0 Å². The Labute approximate surface area is 167 Å². The van der Waals surface area contributed by atoms with Gasteiger partial charge in [0.1, 0.15) is 5.82 Å². The minimum absolute atomic E-state index is 0.0871. The van der Waals surface area contributed by atoms with Crippen molar-refractivity contribution in [3.8, 4) is 0 Å². The van der Waals surface area contributed by atoms with E-state index in [4.69, 9.17) is 4.98 Å². The maximum Gasteiger partial charge on any atom is 0.327 e. The third-order valence-electron chi connectivity index (χ3n) is 5.77. The molecule has 1 unspecified atom stereocenters. The van der Waals surface area contributed by atoms with Gasteiger partial charge in [0, 0.05) is 38.3 Å². The summed E-state index contributed by atoms with van der Waals surface area (Å²) in [4.78, 5) is 22.2. The molecule has 150 valence electrons. The van der Waals surface area contributed by atoms with Crippen LogP contribution in [-0.2, 0) is 0 Å². The Morgan fingerprint density at radius 2 is 2.11 bits per heavy atom. The number of amides is 2. The number of allylic oxidation sites excluding steroid dienone is 3. The summed E-state index contributed by atoms with van der Waals surface area (Å²) in [6.07, 6.45) is 9.34. The van der Waals surface area contributed by atoms with Crippen molar-refractivity contribution in [2.24, 2.45) is 5.92 Å². The summed E-state index contributed by atoms with van der Waals surface area (Å²) in [6, 6.07) is 4.09. The average molecular weight is 382 g/mol. The summed E-state index contributed by atoms with van der Waals surface area (Å²) < 4.78 is 0. The van der Waals surface area contributed by atoms with Crippen LogP contribution in [0.1, 0.15) is 46.0 Å². The summed E-state index contributed by atoms with van der Waals surface area (Å²) >= 11 is 0. The van der Waals surface area contributed by atoms with E-state index in [1.807, 2.05) is 11.0 Å². The molecule has 0 saturated carbocycles. The Morgan fingerprint density at radius 1 is 1.21 bits per heavy atom. The molecule has 2 amide bonds. The number of hydrogen-bond donors (Lipinski definition) is 2. The quantitative estimate of drug-likeness (QED) is 0.803. The maximum atomic E-state index is 13.1. The molecule has 2 N–H and O–H groups in total. The molecule has 4 rings (SSSR count). The van der Waals surface area contributed by atoms with E-state index >= 15 is 0 Å². The molecule has 1 aromatic rings. The Kier molecular flexibility index (Phi) is 5.55. The summed E-state index contributed by atoms with van der Waals surface area (Å²) in [6.45, 7) is 8.05. The first kappa shape index (κ1) is 18.8. The highest BCUT2D eigenvalue weighted by Crippen LogP contribution is 2.31. The van der Waals surface area contributed by atoms with Crippen LogP contribution in [0.25, 0.3) is 0 Å². The summed E-state index contributed by atoms with van der Waals surface area (Å²) in [5.74, 6) is 2.40. The van der Waals surface area contributed by atoms with Crippen LogP contribution >= 0.6 is 0 Å². The smallest absolute Gasteiger partial charge is 0.327 e. The first-order valence-corrected chi connectivity index (χ1v) is 10.5. The largest absolute Gasteiger partial charge is 0.382 e. The fourth-order valence-corrected chi connectivity index (χ4v) is 4.23. The Morgan fingerprint density at radius 3 is 2.89 bits per heavy atom. The maximum absolute atomic E-state index is 13.1. The van der Waals surface area contributed by atoms with Crippen molar-refractivity contribution < 1.29 is 4.79 Å². The number of hydrogen-bond acceptors (Lipinski definition) is 4. The minimum atomic E-state index is -0.0871. The van der Waals surface area contributed by atoms with Gasteiger partial charge in [0.05, 0.1) is 5.69 Å². The zero-order chi connectivity index (χ0) is 19.5. The van der Waals surface area contributed by atoms with Gasteiger partial charge < -0.3 is 15.5 Å². The summed E-state index contributed by atoms with van der Waals surface area (Å²) in [5, 5.41) is 6.55. The number of carbonyl (C=O) groups is 1. The number of anilines is 3. The van der Waals surface area contributed by atoms with E-state index in [0.29, 0.717) is 12.5 Å². The van der Waals surface area contributed by atoms with Crippen LogP contribution in [0.5, 0.6) is 0 Å². The molecule has 0 radical (unpaired) electrons. The number of piperidine rings is 1. The summed E-state index contributed by atoms with van der Waals surface area (Å²) in [7, 11) is 0. The van der Waals surface area contributed by atoms with Crippen molar-refractivity contribution in [2.45, 2.75) is 46.0 Å². The number of pyridine rings is 1. The lowest BCUT2D eigenvalue weighted by atomic mass is 10.0. The first-order chi connectivity index (χ1) is 13.6. The lowest BCUT2D eigenvalue weighted by Gasteiger charge is -2.33. The number of aromatic nitrogens is 1. The SMILES string of the molecule is CC1=CC=C(NC(=O)N2CCCCNc3ccc(N4CCCC(C)C4)nc32)C1. The second-order valence-electron chi connectivity index (χ2n) is 8.33. The van der Waals surface area contributed by atoms with E-state index in [1.54, 1.807) is 0 Å². The van der Waals surface area contributed by atoms with E-state index in [-0.39, 0.29) is 6.03 Å². The molecule has 0 aromatic carbocycles. The lowest BCUT2D eigenvalue weighted by molar-refractivity contribution is 0.248. The number of carbonyl (C=O) groups excluding carboxylic acids is 1. The molecule has 1 aromatic heterocycles. The Balaban J connectivity index is 1.59. The third kappa shape index (κ3) is 4.16. The minimum Gasteiger partial charge on any atom is -0.382 e. The second kappa shape index (κ2) is 8.25. The van der Waals surface area contributed by atoms with Crippen LogP contribution in [0.3, 0.4) is 0 Å². The molecular formula is C22H31N5O. The molecule has 3 aliphatic rings. The van der Waals surface area contributed by atoms with Crippen LogP contribution < -0.4 is 20.4 Å². The Bertz CT molecular complexity index is 800. The van der Waals surface area contributed by atoms with Gasteiger partial charge in [0.15, 0.2) is 5.82 Å². The van der Waals surface area contributed by atoms with Crippen LogP contribution in [0.15, 0.2) is 35.6 Å². The topological polar surface area (TPSA) is 60.5 Å². The summed E-state index contributed by atoms with van der Waals surface area (Å²) in [5.41, 5.74) is 3.17. The Hall–Kier alpha value is -2.50. The van der Waals surface area contributed by atoms with Gasteiger partial charge in [0.25, 0.3) is 0 Å². The van der Waals surface area contributed by atoms with Crippen molar-refractivity contribution in [2.75, 3.05) is 41.3 Å². The van der Waals surface area contributed by atoms with E-state index < -0.39 is 0 Å². The lowest BCUT2D eigenvalue weighted by Crippen LogP contribution is -2.42. The van der Waals surface area contributed by atoms with Crippen molar-refractivity contribution in [1.29, 1.82) is 0 Å². The monoisotopic (exact) mass is 381 g/mol. The molecule has 3 heterocycles. The van der Waals surface area contributed by atoms with E-state index in [1.165, 1.54) is 18.4 Å². The zero-order valence-electron chi connectivity index (χ0n) is 17.0. The second-order valence-corrected chi connectivity index (χ2v) is 8.33.